The van der Waals surface area contributed by atoms with Gasteiger partial charge in [0.25, 0.3) is 17.6 Å². The Bertz CT molecular complexity index is 1980. The van der Waals surface area contributed by atoms with E-state index in [0.29, 0.717) is 42.7 Å². The third-order valence-corrected chi connectivity index (χ3v) is 10.8. The molecule has 0 aliphatic carbocycles. The number of aliphatic hydroxyl groups is 10. The number of fused-ring (bicyclic) bond motifs is 2. The first-order valence-corrected chi connectivity index (χ1v) is 19.1. The Labute approximate surface area is 332 Å². The Balaban J connectivity index is 1.31. The maximum Gasteiger partial charge on any atom is 0.277 e. The highest BCUT2D eigenvalue weighted by Gasteiger charge is 2.38. The van der Waals surface area contributed by atoms with Gasteiger partial charge in [0.15, 0.2) is 28.2 Å². The average Bonchev–Trinajstić information content (AvgIpc) is 3.83. The fourth-order valence-corrected chi connectivity index (χ4v) is 7.43. The topological polar surface area (TPSA) is 344 Å². The number of nitrogens with zero attached hydrogens (tertiary/aromatic N) is 7. The van der Waals surface area contributed by atoms with Crippen LogP contribution >= 0.6 is 0 Å². The Kier molecular flexibility index (Phi) is 15.0. The molecule has 22 heteroatoms. The predicted molar refractivity (Wildman–Crippen MR) is 203 cm³/mol. The summed E-state index contributed by atoms with van der Waals surface area (Å²) in [4.78, 5) is 38.7. The van der Waals surface area contributed by atoms with Crippen LogP contribution in [0.15, 0.2) is 24.4 Å². The summed E-state index contributed by atoms with van der Waals surface area (Å²) in [5.41, 5.74) is 8.74. The lowest BCUT2D eigenvalue weighted by Gasteiger charge is -2.41. The molecule has 2 amide bonds. The number of nitrogens with one attached hydrogen (secondary N) is 2. The van der Waals surface area contributed by atoms with E-state index in [0.717, 1.165) is 16.9 Å². The van der Waals surface area contributed by atoms with Gasteiger partial charge in [-0.05, 0) is 38.8 Å². The van der Waals surface area contributed by atoms with Gasteiger partial charge in [-0.3, -0.25) is 19.6 Å². The fraction of sp³-hybridized carbons (Fsp3) is 0.611. The van der Waals surface area contributed by atoms with Gasteiger partial charge < -0.3 is 67.0 Å². The number of likely N-dealkylation sites (tertiary alicyclic amines) is 1. The van der Waals surface area contributed by atoms with Gasteiger partial charge in [-0.25, -0.2) is 19.1 Å². The number of H-pyrrole nitrogens is 1. The SMILES string of the molecule is CCn1c(CNC(=O)c2nc3cn[nH]c3nc2N)[n+](CC)c2ccc(C(=O)N3CCC(N(C[C@H](O)[C@@H](O)[C@H](O)[C@H](O)CO)C[C@H](O)[C@@H](O)[C@H](O)[C@H](O)CO)CC3)cc21. The molecule has 0 radical (unpaired) electrons. The highest BCUT2D eigenvalue weighted by Crippen LogP contribution is 2.24. The quantitative estimate of drug-likeness (QED) is 0.0394. The number of amides is 2. The van der Waals surface area contributed by atoms with Gasteiger partial charge in [0, 0.05) is 43.9 Å². The molecular formula is C36H55N10O12+. The van der Waals surface area contributed by atoms with E-state index in [9.17, 15) is 60.7 Å². The smallest absolute Gasteiger partial charge is 0.277 e. The minimum absolute atomic E-state index is 0.0354. The average molecular weight is 820 g/mol. The molecule has 1 aliphatic heterocycles. The molecule has 1 saturated heterocycles. The number of hydrogen-bond donors (Lipinski definition) is 13. The molecule has 0 spiro atoms. The molecule has 58 heavy (non-hydrogen) atoms. The summed E-state index contributed by atoms with van der Waals surface area (Å²) < 4.78 is 4.03. The normalized spacial score (nSPS) is 18.3. The first kappa shape index (κ1) is 44.6. The summed E-state index contributed by atoms with van der Waals surface area (Å²) in [5, 5.41) is 110. The molecular weight excluding hydrogens is 764 g/mol. The Hall–Kier alpha value is -4.46. The number of aromatic nitrogens is 6. The number of nitrogens with two attached hydrogens (primary N) is 1. The first-order valence-electron chi connectivity index (χ1n) is 19.1. The van der Waals surface area contributed by atoms with Gasteiger partial charge >= 0.3 is 0 Å². The van der Waals surface area contributed by atoms with Gasteiger partial charge in [-0.15, -0.1) is 0 Å². The Morgan fingerprint density at radius 2 is 1.50 bits per heavy atom. The van der Waals surface area contributed by atoms with E-state index >= 15 is 0 Å². The van der Waals surface area contributed by atoms with E-state index in [1.54, 1.807) is 17.0 Å². The lowest BCUT2D eigenvalue weighted by atomic mass is 9.97. The van der Waals surface area contributed by atoms with Crippen LogP contribution in [0, 0.1) is 0 Å². The molecule has 3 aromatic heterocycles. The number of aryl methyl sites for hydroxylation is 2. The van der Waals surface area contributed by atoms with Crippen LogP contribution in [-0.2, 0) is 19.6 Å². The zero-order valence-electron chi connectivity index (χ0n) is 32.3. The van der Waals surface area contributed by atoms with Gasteiger partial charge in [0.1, 0.15) is 48.7 Å². The largest absolute Gasteiger partial charge is 0.394 e. The third kappa shape index (κ3) is 9.53. The second-order valence-corrected chi connectivity index (χ2v) is 14.4. The van der Waals surface area contributed by atoms with Crippen molar-refractivity contribution < 1.29 is 65.2 Å². The van der Waals surface area contributed by atoms with E-state index < -0.39 is 87.1 Å². The van der Waals surface area contributed by atoms with Gasteiger partial charge in [-0.2, -0.15) is 5.10 Å². The molecule has 4 heterocycles. The number of imidazole rings is 1. The van der Waals surface area contributed by atoms with Crippen molar-refractivity contribution in [3.8, 4) is 0 Å². The van der Waals surface area contributed by atoms with E-state index in [2.05, 4.69) is 25.5 Å². The van der Waals surface area contributed by atoms with Crippen LogP contribution in [0.25, 0.3) is 22.2 Å². The fourth-order valence-electron chi connectivity index (χ4n) is 7.43. The molecule has 1 aromatic carbocycles. The summed E-state index contributed by atoms with van der Waals surface area (Å²) in [5.74, 6) is -0.0586. The maximum absolute atomic E-state index is 13.9. The van der Waals surface area contributed by atoms with Crippen molar-refractivity contribution in [1.82, 2.24) is 39.8 Å². The zero-order chi connectivity index (χ0) is 42.4. The summed E-state index contributed by atoms with van der Waals surface area (Å²) in [6.45, 7) is 2.99. The van der Waals surface area contributed by atoms with E-state index in [4.69, 9.17) is 5.73 Å². The highest BCUT2D eigenvalue weighted by molar-refractivity contribution is 5.98. The minimum Gasteiger partial charge on any atom is -0.394 e. The maximum atomic E-state index is 13.9. The first-order chi connectivity index (χ1) is 27.6. The summed E-state index contributed by atoms with van der Waals surface area (Å²) in [6, 6.07) is 4.90. The number of aromatic amines is 1. The second-order valence-electron chi connectivity index (χ2n) is 14.4. The molecule has 1 fully saturated rings. The van der Waals surface area contributed by atoms with Crippen molar-refractivity contribution >= 4 is 39.8 Å². The standard InChI is InChI=1S/C36H54N10O12/c1-3-45-21-6-5-18(11-22(21)46(4-2)27(45)13-38-35(57)28-33(37)41-34-20(40-28)12-39-42-34)36(58)43-9-7-19(8-10-43)44(14-23(49)29(53)31(55)25(51)16-47)15-24(50)30(54)32(56)26(52)17-48/h5-6,11-12,19,23-26,29-32,47-56H,3-4,7-10,13-17H2,1-2H3,(H3-,37,38,39,40,41,42,57)/p+1/t23-,24-,25+,26+,29+,30+,31+,32+/m0/s1. The summed E-state index contributed by atoms with van der Waals surface area (Å²) >= 11 is 0. The predicted octanol–water partition coefficient (Wildman–Crippen LogP) is -5.07. The lowest BCUT2D eigenvalue weighted by Crippen LogP contribution is -2.56. The molecule has 0 saturated carbocycles. The lowest BCUT2D eigenvalue weighted by molar-refractivity contribution is -0.676. The van der Waals surface area contributed by atoms with Crippen molar-refractivity contribution in [3.05, 3.63) is 41.5 Å². The molecule has 14 N–H and O–H groups in total. The van der Waals surface area contributed by atoms with Crippen LogP contribution in [-0.4, -0.2) is 192 Å². The highest BCUT2D eigenvalue weighted by atomic mass is 16.4. The van der Waals surface area contributed by atoms with Crippen LogP contribution in [0.2, 0.25) is 0 Å². The van der Waals surface area contributed by atoms with Crippen molar-refractivity contribution in [1.29, 1.82) is 0 Å². The summed E-state index contributed by atoms with van der Waals surface area (Å²) in [7, 11) is 0. The van der Waals surface area contributed by atoms with E-state index in [-0.39, 0.29) is 37.1 Å². The van der Waals surface area contributed by atoms with Gasteiger partial charge in [0.2, 0.25) is 0 Å². The molecule has 5 rings (SSSR count). The van der Waals surface area contributed by atoms with Crippen LogP contribution < -0.4 is 15.6 Å². The van der Waals surface area contributed by atoms with Crippen LogP contribution in [0.3, 0.4) is 0 Å². The number of hydrogen-bond acceptors (Lipinski definition) is 17. The van der Waals surface area contributed by atoms with Crippen molar-refractivity contribution in [3.63, 3.8) is 0 Å². The molecule has 8 atom stereocenters. The molecule has 4 aromatic rings. The number of aliphatic hydroxyl groups excluding tert-OH is 10. The van der Waals surface area contributed by atoms with Crippen LogP contribution in [0.5, 0.6) is 0 Å². The van der Waals surface area contributed by atoms with Crippen LogP contribution in [0.4, 0.5) is 5.82 Å². The Morgan fingerprint density at radius 3 is 2.05 bits per heavy atom. The number of piperidine rings is 1. The zero-order valence-corrected chi connectivity index (χ0v) is 32.3. The van der Waals surface area contributed by atoms with Crippen LogP contribution in [0.1, 0.15) is 53.4 Å². The Morgan fingerprint density at radius 1 is 0.914 bits per heavy atom. The van der Waals surface area contributed by atoms with Crippen molar-refractivity contribution in [2.45, 2.75) is 101 Å². The van der Waals surface area contributed by atoms with Crippen molar-refractivity contribution in [2.75, 3.05) is 45.1 Å². The molecule has 22 nitrogen and oxygen atoms in total. The second kappa shape index (κ2) is 19.5. The number of carbonyl (C=O) groups excluding carboxylic acids is 2. The third-order valence-electron chi connectivity index (χ3n) is 10.8. The minimum atomic E-state index is -1.92. The molecule has 320 valence electrons. The van der Waals surface area contributed by atoms with Gasteiger partial charge in [0.05, 0.1) is 44.7 Å². The molecule has 0 bridgehead atoms. The molecule has 1 aliphatic rings. The van der Waals surface area contributed by atoms with Crippen molar-refractivity contribution in [2.24, 2.45) is 0 Å². The van der Waals surface area contributed by atoms with E-state index in [1.807, 2.05) is 29.0 Å². The number of nitrogen functional groups attached to an aromatic ring is 1. The number of anilines is 1. The monoisotopic (exact) mass is 819 g/mol. The van der Waals surface area contributed by atoms with Gasteiger partial charge in [-0.1, -0.05) is 0 Å². The number of carbonyl (C=O) groups is 2. The summed E-state index contributed by atoms with van der Waals surface area (Å²) in [6.07, 6.45) is -12.5. The van der Waals surface area contributed by atoms with E-state index in [1.165, 1.54) is 11.1 Å². The number of benzene rings is 1. The molecule has 0 unspecified atom stereocenters. The number of rotatable bonds is 19.